The molecule has 2 unspecified atom stereocenters. The second-order valence-electron chi connectivity index (χ2n) is 7.70. The van der Waals surface area contributed by atoms with E-state index in [0.717, 1.165) is 10.9 Å². The van der Waals surface area contributed by atoms with E-state index in [9.17, 15) is 14.4 Å². The predicted molar refractivity (Wildman–Crippen MR) is 112 cm³/mol. The van der Waals surface area contributed by atoms with Crippen LogP contribution in [-0.4, -0.2) is 83.9 Å². The molecule has 30 heavy (non-hydrogen) atoms. The Morgan fingerprint density at radius 1 is 1.13 bits per heavy atom. The van der Waals surface area contributed by atoms with Crippen LogP contribution in [0.4, 0.5) is 0 Å². The van der Waals surface area contributed by atoms with Crippen molar-refractivity contribution < 1.29 is 14.4 Å². The van der Waals surface area contributed by atoms with Crippen LogP contribution in [0.3, 0.4) is 0 Å². The molecule has 0 saturated carbocycles. The standard InChI is InChI=1S/C21H26N6O3/c22-11-19(28)25-16-10-18(24-13-16)21(30)27-7-5-26(6-8-27)20(29)15-9-14-3-1-2-4-17(14)23-12-15/h1-4,9,12,16,18,24H,5-8,10-11,13,22H2,(H,25,28). The minimum Gasteiger partial charge on any atom is -0.351 e. The van der Waals surface area contributed by atoms with Gasteiger partial charge in [-0.25, -0.2) is 0 Å². The molecule has 2 saturated heterocycles. The Morgan fingerprint density at radius 3 is 2.63 bits per heavy atom. The van der Waals surface area contributed by atoms with E-state index in [1.807, 2.05) is 30.3 Å². The summed E-state index contributed by atoms with van der Waals surface area (Å²) < 4.78 is 0. The van der Waals surface area contributed by atoms with Crippen molar-refractivity contribution >= 4 is 28.6 Å². The van der Waals surface area contributed by atoms with Gasteiger partial charge < -0.3 is 26.2 Å². The van der Waals surface area contributed by atoms with Gasteiger partial charge in [-0.2, -0.15) is 0 Å². The molecular weight excluding hydrogens is 384 g/mol. The van der Waals surface area contributed by atoms with Crippen LogP contribution in [0.2, 0.25) is 0 Å². The first-order chi connectivity index (χ1) is 14.5. The number of nitrogens with zero attached hydrogens (tertiary/aromatic N) is 3. The highest BCUT2D eigenvalue weighted by atomic mass is 16.2. The van der Waals surface area contributed by atoms with Gasteiger partial charge in [0.2, 0.25) is 11.8 Å². The summed E-state index contributed by atoms with van der Waals surface area (Å²) in [5.74, 6) is -0.270. The first-order valence-corrected chi connectivity index (χ1v) is 10.2. The van der Waals surface area contributed by atoms with Gasteiger partial charge in [0.15, 0.2) is 0 Å². The van der Waals surface area contributed by atoms with Crippen LogP contribution in [0.15, 0.2) is 36.5 Å². The number of nitrogens with one attached hydrogen (secondary N) is 2. The monoisotopic (exact) mass is 410 g/mol. The van der Waals surface area contributed by atoms with Gasteiger partial charge in [-0.1, -0.05) is 18.2 Å². The van der Waals surface area contributed by atoms with E-state index < -0.39 is 0 Å². The number of hydrogen-bond donors (Lipinski definition) is 3. The third kappa shape index (κ3) is 4.27. The summed E-state index contributed by atoms with van der Waals surface area (Å²) in [5, 5.41) is 6.92. The Hall–Kier alpha value is -3.04. The van der Waals surface area contributed by atoms with Crippen LogP contribution < -0.4 is 16.4 Å². The Balaban J connectivity index is 1.31. The molecule has 4 rings (SSSR count). The number of rotatable bonds is 4. The minimum atomic E-state index is -0.319. The lowest BCUT2D eigenvalue weighted by molar-refractivity contribution is -0.134. The number of pyridine rings is 1. The Kier molecular flexibility index (Phi) is 5.91. The molecule has 0 spiro atoms. The highest BCUT2D eigenvalue weighted by Crippen LogP contribution is 2.16. The molecule has 9 nitrogen and oxygen atoms in total. The predicted octanol–water partition coefficient (Wildman–Crippen LogP) is -0.675. The van der Waals surface area contributed by atoms with Crippen LogP contribution in [0.1, 0.15) is 16.8 Å². The van der Waals surface area contributed by atoms with Gasteiger partial charge in [-0.15, -0.1) is 0 Å². The van der Waals surface area contributed by atoms with E-state index in [-0.39, 0.29) is 36.3 Å². The highest BCUT2D eigenvalue weighted by Gasteiger charge is 2.34. The first-order valence-electron chi connectivity index (χ1n) is 10.2. The zero-order valence-corrected chi connectivity index (χ0v) is 16.7. The largest absolute Gasteiger partial charge is 0.351 e. The quantitative estimate of drug-likeness (QED) is 0.615. The SMILES string of the molecule is NCC(=O)NC1CNC(C(=O)N2CCN(C(=O)c3cnc4ccccc4c3)CC2)C1. The van der Waals surface area contributed by atoms with Crippen LogP contribution in [0.25, 0.3) is 10.9 Å². The molecule has 0 aliphatic carbocycles. The minimum absolute atomic E-state index is 0.0129. The number of benzene rings is 1. The maximum Gasteiger partial charge on any atom is 0.255 e. The molecule has 3 amide bonds. The summed E-state index contributed by atoms with van der Waals surface area (Å²) in [4.78, 5) is 45.0. The number of nitrogens with two attached hydrogens (primary N) is 1. The third-order valence-electron chi connectivity index (χ3n) is 5.70. The molecule has 2 aliphatic rings. The van der Waals surface area contributed by atoms with Crippen LogP contribution in [-0.2, 0) is 9.59 Å². The fraction of sp³-hybridized carbons (Fsp3) is 0.429. The molecule has 9 heteroatoms. The molecule has 3 heterocycles. The number of aromatic nitrogens is 1. The van der Waals surface area contributed by atoms with Gasteiger partial charge in [-0.05, 0) is 18.6 Å². The average molecular weight is 410 g/mol. The van der Waals surface area contributed by atoms with Gasteiger partial charge in [0.05, 0.1) is 23.7 Å². The fourth-order valence-corrected chi connectivity index (χ4v) is 4.04. The van der Waals surface area contributed by atoms with Crippen molar-refractivity contribution in [1.82, 2.24) is 25.4 Å². The van der Waals surface area contributed by atoms with E-state index in [0.29, 0.717) is 44.7 Å². The van der Waals surface area contributed by atoms with Crippen molar-refractivity contribution in [3.8, 4) is 0 Å². The number of carbonyl (C=O) groups excluding carboxylic acids is 3. The van der Waals surface area contributed by atoms with Crippen molar-refractivity contribution in [3.05, 3.63) is 42.1 Å². The van der Waals surface area contributed by atoms with Crippen LogP contribution >= 0.6 is 0 Å². The van der Waals surface area contributed by atoms with Crippen molar-refractivity contribution in [3.63, 3.8) is 0 Å². The van der Waals surface area contributed by atoms with Gasteiger partial charge >= 0.3 is 0 Å². The number of piperazine rings is 1. The maximum atomic E-state index is 12.9. The summed E-state index contributed by atoms with van der Waals surface area (Å²) in [6, 6.07) is 9.15. The molecular formula is C21H26N6O3. The third-order valence-corrected chi connectivity index (χ3v) is 5.70. The molecule has 0 bridgehead atoms. The maximum absolute atomic E-state index is 12.9. The lowest BCUT2D eigenvalue weighted by atomic mass is 10.1. The molecule has 0 radical (unpaired) electrons. The fourth-order valence-electron chi connectivity index (χ4n) is 4.04. The molecule has 2 aliphatic heterocycles. The molecule has 1 aromatic carbocycles. The zero-order chi connectivity index (χ0) is 21.1. The summed E-state index contributed by atoms with van der Waals surface area (Å²) in [7, 11) is 0. The Labute approximate surface area is 174 Å². The van der Waals surface area contributed by atoms with Crippen LogP contribution in [0, 0.1) is 0 Å². The molecule has 2 aromatic rings. The number of para-hydroxylation sites is 1. The van der Waals surface area contributed by atoms with E-state index in [1.165, 1.54) is 0 Å². The van der Waals surface area contributed by atoms with Crippen molar-refractivity contribution in [2.75, 3.05) is 39.3 Å². The van der Waals surface area contributed by atoms with Crippen molar-refractivity contribution in [2.24, 2.45) is 5.73 Å². The molecule has 4 N–H and O–H groups in total. The van der Waals surface area contributed by atoms with E-state index in [4.69, 9.17) is 5.73 Å². The summed E-state index contributed by atoms with van der Waals surface area (Å²) in [6.07, 6.45) is 2.16. The van der Waals surface area contributed by atoms with E-state index >= 15 is 0 Å². The van der Waals surface area contributed by atoms with Gasteiger partial charge in [0, 0.05) is 50.3 Å². The zero-order valence-electron chi connectivity index (χ0n) is 16.7. The normalized spacial score (nSPS) is 21.6. The Morgan fingerprint density at radius 2 is 1.87 bits per heavy atom. The summed E-state index contributed by atoms with van der Waals surface area (Å²) in [6.45, 7) is 2.44. The molecule has 2 fully saturated rings. The second-order valence-corrected chi connectivity index (χ2v) is 7.70. The smallest absolute Gasteiger partial charge is 0.255 e. The topological polar surface area (TPSA) is 121 Å². The number of fused-ring (bicyclic) bond motifs is 1. The summed E-state index contributed by atoms with van der Waals surface area (Å²) in [5.41, 5.74) is 6.74. The average Bonchev–Trinajstić information content (AvgIpc) is 3.26. The van der Waals surface area contributed by atoms with Crippen molar-refractivity contribution in [1.29, 1.82) is 0 Å². The summed E-state index contributed by atoms with van der Waals surface area (Å²) >= 11 is 0. The van der Waals surface area contributed by atoms with E-state index in [2.05, 4.69) is 15.6 Å². The molecule has 158 valence electrons. The first kappa shape index (κ1) is 20.2. The van der Waals surface area contributed by atoms with Crippen LogP contribution in [0.5, 0.6) is 0 Å². The van der Waals surface area contributed by atoms with Gasteiger partial charge in [0.1, 0.15) is 0 Å². The number of carbonyl (C=O) groups is 3. The molecule has 1 aromatic heterocycles. The lowest BCUT2D eigenvalue weighted by Crippen LogP contribution is -2.54. The molecule has 2 atom stereocenters. The van der Waals surface area contributed by atoms with E-state index in [1.54, 1.807) is 16.0 Å². The Bertz CT molecular complexity index is 957. The number of amides is 3. The lowest BCUT2D eigenvalue weighted by Gasteiger charge is -2.36. The highest BCUT2D eigenvalue weighted by molar-refractivity contribution is 5.97. The van der Waals surface area contributed by atoms with Crippen molar-refractivity contribution in [2.45, 2.75) is 18.5 Å². The van der Waals surface area contributed by atoms with Gasteiger partial charge in [-0.3, -0.25) is 19.4 Å². The second kappa shape index (κ2) is 8.76. The number of hydrogen-bond acceptors (Lipinski definition) is 6. The van der Waals surface area contributed by atoms with Gasteiger partial charge in [0.25, 0.3) is 5.91 Å².